The molecule has 1 aromatic heterocycles. The number of carbonyl (C=O) groups excluding carboxylic acids is 1. The largest absolute Gasteiger partial charge is 0.497 e. The van der Waals surface area contributed by atoms with Crippen LogP contribution >= 0.6 is 0 Å². The second kappa shape index (κ2) is 5.74. The van der Waals surface area contributed by atoms with Gasteiger partial charge in [-0.15, -0.1) is 5.10 Å². The van der Waals surface area contributed by atoms with Crippen molar-refractivity contribution in [2.45, 2.75) is 0 Å². The molecular formula is C14H15N5O2. The first-order chi connectivity index (χ1) is 10.3. The van der Waals surface area contributed by atoms with Crippen molar-refractivity contribution in [1.82, 2.24) is 20.5 Å². The zero-order chi connectivity index (χ0) is 14.7. The van der Waals surface area contributed by atoms with E-state index in [1.807, 2.05) is 29.2 Å². The number of nitrogens with zero attached hydrogens (tertiary/aromatic N) is 4. The minimum Gasteiger partial charge on any atom is -0.497 e. The normalized spacial score (nSPS) is 14.7. The predicted molar refractivity (Wildman–Crippen MR) is 77.0 cm³/mol. The van der Waals surface area contributed by atoms with Crippen LogP contribution in [-0.4, -0.2) is 47.8 Å². The smallest absolute Gasteiger partial charge is 0.246 e. The summed E-state index contributed by atoms with van der Waals surface area (Å²) < 4.78 is 5.13. The zero-order valence-corrected chi connectivity index (χ0v) is 11.6. The lowest BCUT2D eigenvalue weighted by Gasteiger charge is -2.26. The molecule has 1 saturated heterocycles. The van der Waals surface area contributed by atoms with Crippen molar-refractivity contribution in [3.63, 3.8) is 0 Å². The maximum atomic E-state index is 11.4. The fourth-order valence-electron chi connectivity index (χ4n) is 2.14. The third-order valence-electron chi connectivity index (χ3n) is 3.25. The van der Waals surface area contributed by atoms with E-state index in [-0.39, 0.29) is 12.5 Å². The highest BCUT2D eigenvalue weighted by atomic mass is 16.5. The Balaban J connectivity index is 1.86. The van der Waals surface area contributed by atoms with Crippen LogP contribution in [0.3, 0.4) is 0 Å². The Morgan fingerprint density at radius 2 is 2.10 bits per heavy atom. The topological polar surface area (TPSA) is 80.2 Å². The van der Waals surface area contributed by atoms with Crippen molar-refractivity contribution >= 4 is 11.9 Å². The lowest BCUT2D eigenvalue weighted by molar-refractivity contribution is -0.120. The van der Waals surface area contributed by atoms with E-state index in [1.165, 1.54) is 0 Å². The Bertz CT molecular complexity index is 644. The van der Waals surface area contributed by atoms with Gasteiger partial charge >= 0.3 is 0 Å². The number of benzene rings is 1. The summed E-state index contributed by atoms with van der Waals surface area (Å²) in [4.78, 5) is 17.7. The Morgan fingerprint density at radius 3 is 2.81 bits per heavy atom. The van der Waals surface area contributed by atoms with Crippen LogP contribution in [0.4, 0.5) is 5.95 Å². The molecule has 2 aromatic rings. The predicted octanol–water partition coefficient (Wildman–Crippen LogP) is 0.483. The van der Waals surface area contributed by atoms with Crippen molar-refractivity contribution in [2.24, 2.45) is 0 Å². The molecule has 0 atom stereocenters. The molecular weight excluding hydrogens is 270 g/mol. The molecule has 1 fully saturated rings. The summed E-state index contributed by atoms with van der Waals surface area (Å²) in [5, 5.41) is 10.8. The van der Waals surface area contributed by atoms with Gasteiger partial charge in [-0.05, 0) is 24.3 Å². The Morgan fingerprint density at radius 1 is 1.29 bits per heavy atom. The van der Waals surface area contributed by atoms with Crippen molar-refractivity contribution < 1.29 is 9.53 Å². The first-order valence-corrected chi connectivity index (χ1v) is 6.62. The van der Waals surface area contributed by atoms with Gasteiger partial charge in [-0.25, -0.2) is 4.98 Å². The van der Waals surface area contributed by atoms with E-state index in [0.29, 0.717) is 24.7 Å². The van der Waals surface area contributed by atoms with E-state index >= 15 is 0 Å². The number of anilines is 1. The molecule has 0 aliphatic carbocycles. The standard InChI is InChI=1S/C14H15N5O2/c1-21-11-4-2-10(3-5-11)12-8-16-18-14(17-12)19-7-6-15-13(20)9-19/h2-5,8H,6-7,9H2,1H3,(H,15,20). The first-order valence-electron chi connectivity index (χ1n) is 6.62. The fourth-order valence-corrected chi connectivity index (χ4v) is 2.14. The molecule has 108 valence electrons. The van der Waals surface area contributed by atoms with E-state index in [4.69, 9.17) is 4.74 Å². The molecule has 1 N–H and O–H groups in total. The zero-order valence-electron chi connectivity index (χ0n) is 11.6. The van der Waals surface area contributed by atoms with E-state index < -0.39 is 0 Å². The number of aromatic nitrogens is 3. The van der Waals surface area contributed by atoms with Gasteiger partial charge in [-0.3, -0.25) is 4.79 Å². The highest BCUT2D eigenvalue weighted by Crippen LogP contribution is 2.21. The van der Waals surface area contributed by atoms with Gasteiger partial charge in [0.05, 0.1) is 25.5 Å². The highest BCUT2D eigenvalue weighted by molar-refractivity contribution is 5.82. The van der Waals surface area contributed by atoms with Gasteiger partial charge in [0.2, 0.25) is 11.9 Å². The SMILES string of the molecule is COc1ccc(-c2cnnc(N3CCNC(=O)C3)n2)cc1. The number of carbonyl (C=O) groups is 1. The number of amides is 1. The van der Waals surface area contributed by atoms with Crippen LogP contribution in [-0.2, 0) is 4.79 Å². The minimum atomic E-state index is -0.0281. The average Bonchev–Trinajstić information content (AvgIpc) is 2.55. The van der Waals surface area contributed by atoms with Crippen LogP contribution in [0.1, 0.15) is 0 Å². The second-order valence-electron chi connectivity index (χ2n) is 4.64. The molecule has 7 heteroatoms. The lowest BCUT2D eigenvalue weighted by atomic mass is 10.1. The maximum absolute atomic E-state index is 11.4. The highest BCUT2D eigenvalue weighted by Gasteiger charge is 2.19. The Hall–Kier alpha value is -2.70. The summed E-state index contributed by atoms with van der Waals surface area (Å²) in [6, 6.07) is 7.56. The second-order valence-corrected chi connectivity index (χ2v) is 4.64. The van der Waals surface area contributed by atoms with Gasteiger partial charge in [-0.1, -0.05) is 0 Å². The van der Waals surface area contributed by atoms with Crippen LogP contribution < -0.4 is 15.0 Å². The molecule has 3 rings (SSSR count). The van der Waals surface area contributed by atoms with Crippen molar-refractivity contribution in [3.8, 4) is 17.0 Å². The van der Waals surface area contributed by atoms with Crippen molar-refractivity contribution in [3.05, 3.63) is 30.5 Å². The van der Waals surface area contributed by atoms with Crippen molar-refractivity contribution in [2.75, 3.05) is 31.6 Å². The number of hydrogen-bond acceptors (Lipinski definition) is 6. The number of rotatable bonds is 3. The first kappa shape index (κ1) is 13.3. The molecule has 1 aliphatic rings. The van der Waals surface area contributed by atoms with E-state index in [2.05, 4.69) is 20.5 Å². The van der Waals surface area contributed by atoms with Gasteiger partial charge in [0.1, 0.15) is 5.75 Å². The van der Waals surface area contributed by atoms with E-state index in [1.54, 1.807) is 13.3 Å². The third-order valence-corrected chi connectivity index (χ3v) is 3.25. The summed E-state index contributed by atoms with van der Waals surface area (Å²) in [5.74, 6) is 1.23. The number of nitrogens with one attached hydrogen (secondary N) is 1. The van der Waals surface area contributed by atoms with E-state index in [9.17, 15) is 4.79 Å². The van der Waals surface area contributed by atoms with Crippen LogP contribution in [0, 0.1) is 0 Å². The summed E-state index contributed by atoms with van der Waals surface area (Å²) in [7, 11) is 1.63. The molecule has 1 aromatic carbocycles. The molecule has 1 amide bonds. The summed E-state index contributed by atoms with van der Waals surface area (Å²) in [6.07, 6.45) is 1.61. The lowest BCUT2D eigenvalue weighted by Crippen LogP contribution is -2.48. The molecule has 0 saturated carbocycles. The molecule has 0 bridgehead atoms. The molecule has 0 unspecified atom stereocenters. The van der Waals surface area contributed by atoms with Gasteiger partial charge in [-0.2, -0.15) is 5.10 Å². The van der Waals surface area contributed by atoms with Gasteiger partial charge < -0.3 is 15.0 Å². The maximum Gasteiger partial charge on any atom is 0.246 e. The van der Waals surface area contributed by atoms with Crippen LogP contribution in [0.25, 0.3) is 11.3 Å². The molecule has 1 aliphatic heterocycles. The molecule has 0 radical (unpaired) electrons. The molecule has 0 spiro atoms. The Labute approximate surface area is 122 Å². The minimum absolute atomic E-state index is 0.0281. The molecule has 7 nitrogen and oxygen atoms in total. The summed E-state index contributed by atoms with van der Waals surface area (Å²) >= 11 is 0. The number of piperazine rings is 1. The van der Waals surface area contributed by atoms with Crippen LogP contribution in [0.15, 0.2) is 30.5 Å². The van der Waals surface area contributed by atoms with Crippen LogP contribution in [0.2, 0.25) is 0 Å². The summed E-state index contributed by atoms with van der Waals surface area (Å²) in [5.41, 5.74) is 1.64. The monoisotopic (exact) mass is 285 g/mol. The van der Waals surface area contributed by atoms with Gasteiger partial charge in [0.15, 0.2) is 0 Å². The van der Waals surface area contributed by atoms with Crippen molar-refractivity contribution in [1.29, 1.82) is 0 Å². The third kappa shape index (κ3) is 2.91. The van der Waals surface area contributed by atoms with Gasteiger partial charge in [0.25, 0.3) is 0 Å². The number of hydrogen-bond donors (Lipinski definition) is 1. The molecule has 21 heavy (non-hydrogen) atoms. The number of ether oxygens (including phenoxy) is 1. The van der Waals surface area contributed by atoms with Gasteiger partial charge in [0, 0.05) is 18.7 Å². The number of methoxy groups -OCH3 is 1. The molecule has 2 heterocycles. The van der Waals surface area contributed by atoms with E-state index in [0.717, 1.165) is 11.3 Å². The van der Waals surface area contributed by atoms with Crippen LogP contribution in [0.5, 0.6) is 5.75 Å². The average molecular weight is 285 g/mol. The Kier molecular flexibility index (Phi) is 3.63. The summed E-state index contributed by atoms with van der Waals surface area (Å²) in [6.45, 7) is 1.53. The fraction of sp³-hybridized carbons (Fsp3) is 0.286. The quantitative estimate of drug-likeness (QED) is 0.883.